The second-order valence-electron chi connectivity index (χ2n) is 5.05. The summed E-state index contributed by atoms with van der Waals surface area (Å²) >= 11 is 5.81. The lowest BCUT2D eigenvalue weighted by atomic mass is 10.1. The average molecular weight is 314 g/mol. The molecule has 1 saturated heterocycles. The van der Waals surface area contributed by atoms with Gasteiger partial charge in [-0.15, -0.1) is 0 Å². The van der Waals surface area contributed by atoms with Crippen LogP contribution in [0.2, 0.25) is 5.02 Å². The van der Waals surface area contributed by atoms with Crippen molar-refractivity contribution in [3.05, 3.63) is 29.3 Å². The van der Waals surface area contributed by atoms with E-state index in [1.165, 1.54) is 0 Å². The molecule has 1 fully saturated rings. The summed E-state index contributed by atoms with van der Waals surface area (Å²) < 4.78 is 11.0. The number of aliphatic carboxylic acids is 1. The minimum atomic E-state index is -0.909. The van der Waals surface area contributed by atoms with Crippen molar-refractivity contribution in [1.82, 2.24) is 4.90 Å². The first-order chi connectivity index (χ1) is 10.1. The molecule has 0 bridgehead atoms. The van der Waals surface area contributed by atoms with Gasteiger partial charge in [0.15, 0.2) is 0 Å². The highest BCUT2D eigenvalue weighted by molar-refractivity contribution is 6.30. The molecule has 1 aliphatic rings. The molecule has 0 unspecified atom stereocenters. The summed E-state index contributed by atoms with van der Waals surface area (Å²) in [6.45, 7) is 3.10. The molecule has 0 radical (unpaired) electrons. The number of piperidine rings is 1. The lowest BCUT2D eigenvalue weighted by Crippen LogP contribution is -2.39. The zero-order valence-electron chi connectivity index (χ0n) is 11.8. The zero-order chi connectivity index (χ0) is 15.1. The number of ether oxygens (including phenoxy) is 2. The molecule has 21 heavy (non-hydrogen) atoms. The molecular formula is C15H20ClNO4. The highest BCUT2D eigenvalue weighted by Crippen LogP contribution is 2.16. The number of rotatable bonds is 7. The Bertz CT molecular complexity index is 443. The Morgan fingerprint density at radius 2 is 1.95 bits per heavy atom. The van der Waals surface area contributed by atoms with Crippen molar-refractivity contribution in [3.8, 4) is 5.75 Å². The van der Waals surface area contributed by atoms with Crippen LogP contribution in [0.15, 0.2) is 24.3 Å². The van der Waals surface area contributed by atoms with Gasteiger partial charge in [-0.2, -0.15) is 0 Å². The van der Waals surface area contributed by atoms with Crippen LogP contribution in [0.4, 0.5) is 0 Å². The number of carbonyl (C=O) groups is 1. The first-order valence-corrected chi connectivity index (χ1v) is 7.45. The molecule has 1 heterocycles. The van der Waals surface area contributed by atoms with E-state index in [1.54, 1.807) is 0 Å². The molecule has 0 spiro atoms. The molecule has 0 atom stereocenters. The highest BCUT2D eigenvalue weighted by atomic mass is 35.5. The zero-order valence-corrected chi connectivity index (χ0v) is 12.6. The van der Waals surface area contributed by atoms with Gasteiger partial charge in [0.1, 0.15) is 19.0 Å². The molecule has 116 valence electrons. The summed E-state index contributed by atoms with van der Waals surface area (Å²) in [7, 11) is 0. The maximum atomic E-state index is 10.4. The summed E-state index contributed by atoms with van der Waals surface area (Å²) in [4.78, 5) is 12.7. The maximum Gasteiger partial charge on any atom is 0.329 e. The van der Waals surface area contributed by atoms with Crippen LogP contribution in [-0.2, 0) is 9.53 Å². The molecule has 0 amide bonds. The number of carboxylic acid groups (broad SMARTS) is 1. The molecule has 0 aromatic heterocycles. The Balaban J connectivity index is 1.60. The molecular weight excluding hydrogens is 294 g/mol. The lowest BCUT2D eigenvalue weighted by Gasteiger charge is -2.31. The number of likely N-dealkylation sites (tertiary alicyclic amines) is 1. The van der Waals surface area contributed by atoms with Gasteiger partial charge < -0.3 is 14.6 Å². The number of nitrogens with zero attached hydrogens (tertiary/aromatic N) is 1. The van der Waals surface area contributed by atoms with Gasteiger partial charge in [0.25, 0.3) is 0 Å². The second kappa shape index (κ2) is 8.22. The van der Waals surface area contributed by atoms with E-state index in [-0.39, 0.29) is 12.7 Å². The van der Waals surface area contributed by atoms with Crippen molar-refractivity contribution >= 4 is 17.6 Å². The predicted molar refractivity (Wildman–Crippen MR) is 80.0 cm³/mol. The number of benzene rings is 1. The fourth-order valence-corrected chi connectivity index (χ4v) is 2.44. The van der Waals surface area contributed by atoms with Crippen molar-refractivity contribution in [2.45, 2.75) is 18.9 Å². The van der Waals surface area contributed by atoms with Gasteiger partial charge in [-0.3, -0.25) is 4.90 Å². The third-order valence-electron chi connectivity index (χ3n) is 3.47. The molecule has 6 heteroatoms. The van der Waals surface area contributed by atoms with E-state index in [0.29, 0.717) is 11.6 Å². The number of carboxylic acids is 1. The first-order valence-electron chi connectivity index (χ1n) is 7.07. The molecule has 2 rings (SSSR count). The molecule has 1 aromatic carbocycles. The third-order valence-corrected chi connectivity index (χ3v) is 3.72. The van der Waals surface area contributed by atoms with Crippen LogP contribution in [0.3, 0.4) is 0 Å². The van der Waals surface area contributed by atoms with E-state index in [4.69, 9.17) is 26.2 Å². The standard InChI is InChI=1S/C15H20ClNO4/c16-12-1-3-13(4-2-12)20-10-9-17-7-5-14(6-8-17)21-11-15(18)19/h1-4,14H,5-11H2,(H,18,19). The van der Waals surface area contributed by atoms with Gasteiger partial charge >= 0.3 is 5.97 Å². The third kappa shape index (κ3) is 5.91. The SMILES string of the molecule is O=C(O)COC1CCN(CCOc2ccc(Cl)cc2)CC1. The van der Waals surface area contributed by atoms with Gasteiger partial charge in [0, 0.05) is 24.7 Å². The van der Waals surface area contributed by atoms with Crippen LogP contribution in [0.25, 0.3) is 0 Å². The minimum Gasteiger partial charge on any atom is -0.492 e. The van der Waals surface area contributed by atoms with E-state index in [1.807, 2.05) is 24.3 Å². The topological polar surface area (TPSA) is 59.0 Å². The Morgan fingerprint density at radius 1 is 1.29 bits per heavy atom. The van der Waals surface area contributed by atoms with Crippen LogP contribution in [0.1, 0.15) is 12.8 Å². The fourth-order valence-electron chi connectivity index (χ4n) is 2.31. The summed E-state index contributed by atoms with van der Waals surface area (Å²) in [5.74, 6) is -0.0899. The van der Waals surface area contributed by atoms with Gasteiger partial charge in [-0.1, -0.05) is 11.6 Å². The van der Waals surface area contributed by atoms with Crippen LogP contribution in [0, 0.1) is 0 Å². The van der Waals surface area contributed by atoms with E-state index >= 15 is 0 Å². The van der Waals surface area contributed by atoms with Gasteiger partial charge in [0.05, 0.1) is 6.10 Å². The summed E-state index contributed by atoms with van der Waals surface area (Å²) in [5, 5.41) is 9.28. The van der Waals surface area contributed by atoms with Crippen molar-refractivity contribution < 1.29 is 19.4 Å². The molecule has 0 aliphatic carbocycles. The van der Waals surface area contributed by atoms with E-state index in [0.717, 1.165) is 38.2 Å². The van der Waals surface area contributed by atoms with Gasteiger partial charge in [0.2, 0.25) is 0 Å². The Morgan fingerprint density at radius 3 is 2.57 bits per heavy atom. The fraction of sp³-hybridized carbons (Fsp3) is 0.533. The summed E-state index contributed by atoms with van der Waals surface area (Å²) in [6, 6.07) is 7.33. The normalized spacial score (nSPS) is 16.8. The second-order valence-corrected chi connectivity index (χ2v) is 5.48. The van der Waals surface area contributed by atoms with Crippen LogP contribution < -0.4 is 4.74 Å². The molecule has 5 nitrogen and oxygen atoms in total. The van der Waals surface area contributed by atoms with Crippen molar-refractivity contribution in [2.75, 3.05) is 32.8 Å². The quantitative estimate of drug-likeness (QED) is 0.837. The summed E-state index contributed by atoms with van der Waals surface area (Å²) in [5.41, 5.74) is 0. The smallest absolute Gasteiger partial charge is 0.329 e. The molecule has 1 N–H and O–H groups in total. The van der Waals surface area contributed by atoms with Crippen LogP contribution >= 0.6 is 11.6 Å². The van der Waals surface area contributed by atoms with Gasteiger partial charge in [-0.05, 0) is 37.1 Å². The Hall–Kier alpha value is -1.30. The molecule has 1 aromatic rings. The highest BCUT2D eigenvalue weighted by Gasteiger charge is 2.20. The van der Waals surface area contributed by atoms with Crippen molar-refractivity contribution in [2.24, 2.45) is 0 Å². The van der Waals surface area contributed by atoms with Gasteiger partial charge in [-0.25, -0.2) is 4.79 Å². The Kier molecular flexibility index (Phi) is 6.29. The van der Waals surface area contributed by atoms with Crippen LogP contribution in [-0.4, -0.2) is 54.9 Å². The van der Waals surface area contributed by atoms with E-state index in [9.17, 15) is 4.79 Å². The molecule has 1 aliphatic heterocycles. The number of hydrogen-bond acceptors (Lipinski definition) is 4. The van der Waals surface area contributed by atoms with Crippen molar-refractivity contribution in [3.63, 3.8) is 0 Å². The van der Waals surface area contributed by atoms with E-state index in [2.05, 4.69) is 4.90 Å². The number of hydrogen-bond donors (Lipinski definition) is 1. The van der Waals surface area contributed by atoms with E-state index < -0.39 is 5.97 Å². The largest absolute Gasteiger partial charge is 0.492 e. The number of halogens is 1. The Labute approximate surface area is 129 Å². The van der Waals surface area contributed by atoms with Crippen LogP contribution in [0.5, 0.6) is 5.75 Å². The average Bonchev–Trinajstić information content (AvgIpc) is 2.48. The predicted octanol–water partition coefficient (Wildman–Crippen LogP) is 2.28. The lowest BCUT2D eigenvalue weighted by molar-refractivity contribution is -0.145. The minimum absolute atomic E-state index is 0.0644. The monoisotopic (exact) mass is 313 g/mol. The maximum absolute atomic E-state index is 10.4. The van der Waals surface area contributed by atoms with Crippen molar-refractivity contribution in [1.29, 1.82) is 0 Å². The molecule has 0 saturated carbocycles. The first kappa shape index (κ1) is 16.1. The summed E-state index contributed by atoms with van der Waals surface area (Å²) in [6.07, 6.45) is 1.80.